The number of hydrogen-bond acceptors (Lipinski definition) is 3. The average Bonchev–Trinajstić information content (AvgIpc) is 2.84. The van der Waals surface area contributed by atoms with Crippen LogP contribution in [0, 0.1) is 12.7 Å². The third kappa shape index (κ3) is 3.79. The number of carbonyl (C=O) groups excluding carboxylic acids is 1. The average molecular weight is 308 g/mol. The number of rotatable bonds is 4. The van der Waals surface area contributed by atoms with Gasteiger partial charge in [-0.1, -0.05) is 0 Å². The summed E-state index contributed by atoms with van der Waals surface area (Å²) in [6.45, 7) is 2.26. The number of halogens is 1. The van der Waals surface area contributed by atoms with E-state index in [4.69, 9.17) is 5.11 Å². The maximum atomic E-state index is 13.5. The van der Waals surface area contributed by atoms with Gasteiger partial charge < -0.3 is 15.7 Å². The van der Waals surface area contributed by atoms with Crippen LogP contribution in [-0.4, -0.2) is 17.1 Å². The number of anilines is 1. The van der Waals surface area contributed by atoms with Crippen LogP contribution < -0.4 is 10.6 Å². The van der Waals surface area contributed by atoms with Gasteiger partial charge in [0.2, 0.25) is 0 Å². The lowest BCUT2D eigenvalue weighted by Crippen LogP contribution is -2.28. The van der Waals surface area contributed by atoms with Crippen molar-refractivity contribution in [2.24, 2.45) is 0 Å². The summed E-state index contributed by atoms with van der Waals surface area (Å²) in [5, 5.41) is 15.7. The second-order valence-corrected chi connectivity index (χ2v) is 5.33. The predicted molar refractivity (Wildman–Crippen MR) is 78.3 cm³/mol. The number of carbonyl (C=O) groups is 2. The van der Waals surface area contributed by atoms with E-state index in [0.717, 1.165) is 28.6 Å². The zero-order chi connectivity index (χ0) is 15.4. The molecule has 0 unspecified atom stereocenters. The molecule has 2 rings (SSSR count). The Bertz CT molecular complexity index is 685. The van der Waals surface area contributed by atoms with E-state index in [1.807, 2.05) is 18.4 Å². The number of nitrogens with one attached hydrogen (secondary N) is 2. The number of carboxylic acid groups (broad SMARTS) is 1. The molecule has 0 bridgehead atoms. The third-order valence-electron chi connectivity index (χ3n) is 2.84. The van der Waals surface area contributed by atoms with Gasteiger partial charge in [-0.3, -0.25) is 0 Å². The largest absolute Gasteiger partial charge is 0.478 e. The Morgan fingerprint density at radius 3 is 2.71 bits per heavy atom. The second kappa shape index (κ2) is 6.36. The molecule has 5 nitrogen and oxygen atoms in total. The standard InChI is InChI=1S/C14H13FN2O3S/c1-8-4-5-21-12(8)7-16-14(20)17-11-6-9(13(18)19)2-3-10(11)15/h2-6H,7H2,1H3,(H,18,19)(H2,16,17,20). The van der Waals surface area contributed by atoms with Crippen LogP contribution in [0.5, 0.6) is 0 Å². The van der Waals surface area contributed by atoms with Crippen molar-refractivity contribution in [2.45, 2.75) is 13.5 Å². The lowest BCUT2D eigenvalue weighted by Gasteiger charge is -2.09. The Hall–Kier alpha value is -2.41. The first-order chi connectivity index (χ1) is 9.97. The van der Waals surface area contributed by atoms with Gasteiger partial charge in [-0.05, 0) is 42.1 Å². The zero-order valence-electron chi connectivity index (χ0n) is 11.1. The summed E-state index contributed by atoms with van der Waals surface area (Å²) < 4.78 is 13.5. The summed E-state index contributed by atoms with van der Waals surface area (Å²) >= 11 is 1.51. The highest BCUT2D eigenvalue weighted by Crippen LogP contribution is 2.17. The van der Waals surface area contributed by atoms with Crippen molar-refractivity contribution in [3.05, 3.63) is 51.5 Å². The molecule has 0 aliphatic carbocycles. The Balaban J connectivity index is 2.01. The summed E-state index contributed by atoms with van der Waals surface area (Å²) in [5.74, 6) is -1.88. The van der Waals surface area contributed by atoms with E-state index in [-0.39, 0.29) is 11.3 Å². The van der Waals surface area contributed by atoms with Crippen LogP contribution in [0.1, 0.15) is 20.8 Å². The van der Waals surface area contributed by atoms with Crippen LogP contribution in [0.2, 0.25) is 0 Å². The van der Waals surface area contributed by atoms with Crippen LogP contribution in [0.15, 0.2) is 29.6 Å². The van der Waals surface area contributed by atoms with Gasteiger partial charge in [0.25, 0.3) is 0 Å². The van der Waals surface area contributed by atoms with E-state index in [0.29, 0.717) is 6.54 Å². The van der Waals surface area contributed by atoms with Crippen molar-refractivity contribution >= 4 is 29.0 Å². The lowest BCUT2D eigenvalue weighted by molar-refractivity contribution is 0.0697. The van der Waals surface area contributed by atoms with Crippen LogP contribution >= 0.6 is 11.3 Å². The normalized spacial score (nSPS) is 10.2. The Labute approximate surface area is 124 Å². The van der Waals surface area contributed by atoms with Crippen molar-refractivity contribution in [1.82, 2.24) is 5.32 Å². The molecule has 2 aromatic rings. The molecule has 3 N–H and O–H groups in total. The SMILES string of the molecule is Cc1ccsc1CNC(=O)Nc1cc(C(=O)O)ccc1F. The zero-order valence-corrected chi connectivity index (χ0v) is 12.0. The maximum absolute atomic E-state index is 13.5. The maximum Gasteiger partial charge on any atom is 0.335 e. The Morgan fingerprint density at radius 1 is 1.33 bits per heavy atom. The van der Waals surface area contributed by atoms with Gasteiger partial charge in [0.1, 0.15) is 5.82 Å². The fraction of sp³-hybridized carbons (Fsp3) is 0.143. The smallest absolute Gasteiger partial charge is 0.335 e. The molecule has 0 saturated heterocycles. The number of carboxylic acids is 1. The second-order valence-electron chi connectivity index (χ2n) is 4.33. The minimum atomic E-state index is -1.19. The summed E-state index contributed by atoms with van der Waals surface area (Å²) in [5.41, 5.74) is 0.801. The molecule has 1 aromatic heterocycles. The van der Waals surface area contributed by atoms with Crippen molar-refractivity contribution < 1.29 is 19.1 Å². The molecule has 21 heavy (non-hydrogen) atoms. The van der Waals surface area contributed by atoms with E-state index in [9.17, 15) is 14.0 Å². The minimum absolute atomic E-state index is 0.0965. The van der Waals surface area contributed by atoms with Gasteiger partial charge in [0.05, 0.1) is 17.8 Å². The quantitative estimate of drug-likeness (QED) is 0.811. The highest BCUT2D eigenvalue weighted by atomic mass is 32.1. The molecule has 0 radical (unpaired) electrons. The molecular formula is C14H13FN2O3S. The van der Waals surface area contributed by atoms with Crippen LogP contribution in [0.3, 0.4) is 0 Å². The highest BCUT2D eigenvalue weighted by Gasteiger charge is 2.11. The molecule has 1 heterocycles. The molecule has 110 valence electrons. The number of thiophene rings is 1. The van der Waals surface area contributed by atoms with E-state index < -0.39 is 17.8 Å². The summed E-state index contributed by atoms with van der Waals surface area (Å²) in [7, 11) is 0. The Morgan fingerprint density at radius 2 is 2.10 bits per heavy atom. The first-order valence-electron chi connectivity index (χ1n) is 6.08. The number of amides is 2. The first kappa shape index (κ1) is 15.0. The van der Waals surface area contributed by atoms with E-state index in [1.54, 1.807) is 0 Å². The van der Waals surface area contributed by atoms with Gasteiger partial charge in [-0.2, -0.15) is 0 Å². The van der Waals surface area contributed by atoms with E-state index in [1.165, 1.54) is 11.3 Å². The number of aryl methyl sites for hydroxylation is 1. The van der Waals surface area contributed by atoms with Crippen LogP contribution in [0.25, 0.3) is 0 Å². The fourth-order valence-corrected chi connectivity index (χ4v) is 2.51. The van der Waals surface area contributed by atoms with Crippen molar-refractivity contribution in [3.8, 4) is 0 Å². The van der Waals surface area contributed by atoms with Gasteiger partial charge >= 0.3 is 12.0 Å². The molecule has 0 spiro atoms. The lowest BCUT2D eigenvalue weighted by atomic mass is 10.2. The molecular weight excluding hydrogens is 295 g/mol. The number of hydrogen-bond donors (Lipinski definition) is 3. The highest BCUT2D eigenvalue weighted by molar-refractivity contribution is 7.10. The molecule has 0 fully saturated rings. The van der Waals surface area contributed by atoms with Crippen LogP contribution in [-0.2, 0) is 6.54 Å². The van der Waals surface area contributed by atoms with Gasteiger partial charge in [-0.25, -0.2) is 14.0 Å². The van der Waals surface area contributed by atoms with Gasteiger partial charge in [0, 0.05) is 4.88 Å². The molecule has 7 heteroatoms. The molecule has 0 aliphatic rings. The minimum Gasteiger partial charge on any atom is -0.478 e. The summed E-state index contributed by atoms with van der Waals surface area (Å²) in [6, 6.07) is 4.56. The number of benzene rings is 1. The Kier molecular flexibility index (Phi) is 4.54. The molecule has 1 aromatic carbocycles. The van der Waals surface area contributed by atoms with Crippen LogP contribution in [0.4, 0.5) is 14.9 Å². The van der Waals surface area contributed by atoms with Crippen molar-refractivity contribution in [1.29, 1.82) is 0 Å². The van der Waals surface area contributed by atoms with E-state index in [2.05, 4.69) is 10.6 Å². The topological polar surface area (TPSA) is 78.4 Å². The van der Waals surface area contributed by atoms with Gasteiger partial charge in [-0.15, -0.1) is 11.3 Å². The summed E-state index contributed by atoms with van der Waals surface area (Å²) in [6.07, 6.45) is 0. The summed E-state index contributed by atoms with van der Waals surface area (Å²) in [4.78, 5) is 23.5. The third-order valence-corrected chi connectivity index (χ3v) is 3.86. The number of aromatic carboxylic acids is 1. The molecule has 2 amide bonds. The first-order valence-corrected chi connectivity index (χ1v) is 6.96. The van der Waals surface area contributed by atoms with Crippen molar-refractivity contribution in [2.75, 3.05) is 5.32 Å². The predicted octanol–water partition coefficient (Wildman–Crippen LogP) is 3.22. The molecule has 0 saturated carbocycles. The monoisotopic (exact) mass is 308 g/mol. The number of urea groups is 1. The fourth-order valence-electron chi connectivity index (χ4n) is 1.67. The van der Waals surface area contributed by atoms with E-state index >= 15 is 0 Å². The molecule has 0 atom stereocenters. The molecule has 0 aliphatic heterocycles. The van der Waals surface area contributed by atoms with Gasteiger partial charge in [0.15, 0.2) is 0 Å². The van der Waals surface area contributed by atoms with Crippen molar-refractivity contribution in [3.63, 3.8) is 0 Å².